The summed E-state index contributed by atoms with van der Waals surface area (Å²) in [6.07, 6.45) is 0.619. The minimum absolute atomic E-state index is 0.168. The van der Waals surface area contributed by atoms with Crippen LogP contribution in [0.2, 0.25) is 0 Å². The third kappa shape index (κ3) is 5.17. The minimum Gasteiger partial charge on any atom is -0.497 e. The van der Waals surface area contributed by atoms with Crippen molar-refractivity contribution in [3.05, 3.63) is 57.5 Å². The number of thiazole rings is 1. The SMILES string of the molecule is COc1ccc(OC)c(Cc2csc(N3CCN(S(=O)(=O)c4cc(Br)ccc4OC)CC3)n2)c1. The van der Waals surface area contributed by atoms with E-state index in [0.717, 1.165) is 27.9 Å². The molecule has 0 bridgehead atoms. The van der Waals surface area contributed by atoms with E-state index in [2.05, 4.69) is 20.8 Å². The predicted octanol–water partition coefficient (Wildman–Crippen LogP) is 4.03. The van der Waals surface area contributed by atoms with Gasteiger partial charge in [0.1, 0.15) is 22.1 Å². The zero-order valence-electron chi connectivity index (χ0n) is 19.2. The van der Waals surface area contributed by atoms with Crippen LogP contribution in [-0.2, 0) is 16.4 Å². The van der Waals surface area contributed by atoms with Gasteiger partial charge in [0.05, 0.1) is 27.0 Å². The monoisotopic (exact) mass is 567 g/mol. The van der Waals surface area contributed by atoms with Crippen LogP contribution in [-0.4, -0.2) is 65.2 Å². The maximum absolute atomic E-state index is 13.3. The topological polar surface area (TPSA) is 81.2 Å². The van der Waals surface area contributed by atoms with E-state index in [-0.39, 0.29) is 4.90 Å². The second-order valence-corrected chi connectivity index (χ2v) is 11.3. The Bertz CT molecular complexity index is 1260. The summed E-state index contributed by atoms with van der Waals surface area (Å²) < 4.78 is 44.8. The fraction of sp³-hybridized carbons (Fsp3) is 0.348. The van der Waals surface area contributed by atoms with E-state index in [1.54, 1.807) is 43.8 Å². The van der Waals surface area contributed by atoms with Crippen LogP contribution in [0.4, 0.5) is 5.13 Å². The Labute approximate surface area is 212 Å². The van der Waals surface area contributed by atoms with Crippen molar-refractivity contribution in [3.63, 3.8) is 0 Å². The van der Waals surface area contributed by atoms with Crippen LogP contribution in [0.15, 0.2) is 51.1 Å². The van der Waals surface area contributed by atoms with Crippen LogP contribution >= 0.6 is 27.3 Å². The zero-order valence-corrected chi connectivity index (χ0v) is 22.4. The van der Waals surface area contributed by atoms with Crippen molar-refractivity contribution in [1.29, 1.82) is 0 Å². The van der Waals surface area contributed by atoms with Crippen molar-refractivity contribution < 1.29 is 22.6 Å². The van der Waals surface area contributed by atoms with Crippen molar-refractivity contribution in [2.75, 3.05) is 52.4 Å². The number of ether oxygens (including phenoxy) is 3. The van der Waals surface area contributed by atoms with Gasteiger partial charge in [-0.2, -0.15) is 4.31 Å². The average molecular weight is 569 g/mol. The lowest BCUT2D eigenvalue weighted by Gasteiger charge is -2.34. The predicted molar refractivity (Wildman–Crippen MR) is 136 cm³/mol. The summed E-state index contributed by atoms with van der Waals surface area (Å²) in [7, 11) is 1.09. The number of piperazine rings is 1. The third-order valence-electron chi connectivity index (χ3n) is 5.65. The molecule has 1 aliphatic heterocycles. The molecule has 1 saturated heterocycles. The normalized spacial score (nSPS) is 14.8. The first-order valence-corrected chi connectivity index (χ1v) is 13.7. The molecule has 1 fully saturated rings. The van der Waals surface area contributed by atoms with Crippen molar-refractivity contribution in [3.8, 4) is 17.2 Å². The van der Waals surface area contributed by atoms with Crippen LogP contribution in [0.25, 0.3) is 0 Å². The van der Waals surface area contributed by atoms with Gasteiger partial charge >= 0.3 is 0 Å². The Morgan fingerprint density at radius 1 is 0.971 bits per heavy atom. The lowest BCUT2D eigenvalue weighted by atomic mass is 10.1. The first kappa shape index (κ1) is 24.8. The molecule has 0 saturated carbocycles. The Morgan fingerprint density at radius 3 is 2.35 bits per heavy atom. The number of hydrogen-bond donors (Lipinski definition) is 0. The molecule has 2 heterocycles. The lowest BCUT2D eigenvalue weighted by Crippen LogP contribution is -2.48. The average Bonchev–Trinajstić information content (AvgIpc) is 3.32. The maximum atomic E-state index is 13.3. The summed E-state index contributed by atoms with van der Waals surface area (Å²) >= 11 is 4.92. The molecule has 0 radical (unpaired) electrons. The molecule has 182 valence electrons. The maximum Gasteiger partial charge on any atom is 0.246 e. The molecule has 1 aromatic heterocycles. The quantitative estimate of drug-likeness (QED) is 0.406. The molecular weight excluding hydrogens is 542 g/mol. The molecular formula is C23H26BrN3O5S2. The smallest absolute Gasteiger partial charge is 0.246 e. The minimum atomic E-state index is -3.67. The summed E-state index contributed by atoms with van der Waals surface area (Å²) in [6, 6.07) is 10.7. The first-order chi connectivity index (χ1) is 16.3. The number of rotatable bonds is 8. The van der Waals surface area contributed by atoms with Crippen LogP contribution in [0.1, 0.15) is 11.3 Å². The Kier molecular flexibility index (Phi) is 7.66. The van der Waals surface area contributed by atoms with E-state index >= 15 is 0 Å². The molecule has 1 aliphatic rings. The molecule has 34 heavy (non-hydrogen) atoms. The standard InChI is InChI=1S/C23H26BrN3O5S2/c1-30-19-5-7-20(31-2)16(13-19)12-18-15-33-23(25-18)26-8-10-27(11-9-26)34(28,29)22-14-17(24)4-6-21(22)32-3/h4-7,13-15H,8-12H2,1-3H3. The van der Waals surface area contributed by atoms with E-state index in [1.165, 1.54) is 11.4 Å². The highest BCUT2D eigenvalue weighted by Crippen LogP contribution is 2.32. The van der Waals surface area contributed by atoms with Crippen LogP contribution < -0.4 is 19.1 Å². The van der Waals surface area contributed by atoms with Gasteiger partial charge in [0.2, 0.25) is 10.0 Å². The van der Waals surface area contributed by atoms with Gasteiger partial charge in [0.25, 0.3) is 0 Å². The first-order valence-electron chi connectivity index (χ1n) is 10.6. The van der Waals surface area contributed by atoms with Crippen molar-refractivity contribution >= 4 is 42.4 Å². The zero-order chi connectivity index (χ0) is 24.3. The van der Waals surface area contributed by atoms with Gasteiger partial charge in [-0.05, 0) is 36.4 Å². The molecule has 0 amide bonds. The number of benzene rings is 2. The van der Waals surface area contributed by atoms with Gasteiger partial charge < -0.3 is 19.1 Å². The Morgan fingerprint density at radius 2 is 1.68 bits per heavy atom. The molecule has 0 unspecified atom stereocenters. The third-order valence-corrected chi connectivity index (χ3v) is 9.01. The molecule has 0 spiro atoms. The summed E-state index contributed by atoms with van der Waals surface area (Å²) in [4.78, 5) is 7.09. The van der Waals surface area contributed by atoms with Crippen molar-refractivity contribution in [2.45, 2.75) is 11.3 Å². The molecule has 0 atom stereocenters. The largest absolute Gasteiger partial charge is 0.497 e. The summed E-state index contributed by atoms with van der Waals surface area (Å²) in [5.41, 5.74) is 1.93. The van der Waals surface area contributed by atoms with E-state index in [4.69, 9.17) is 19.2 Å². The van der Waals surface area contributed by atoms with Gasteiger partial charge in [0.15, 0.2) is 5.13 Å². The molecule has 11 heteroatoms. The second-order valence-electron chi connectivity index (χ2n) is 7.66. The number of aromatic nitrogens is 1. The number of nitrogens with zero attached hydrogens (tertiary/aromatic N) is 3. The fourth-order valence-electron chi connectivity index (χ4n) is 3.85. The van der Waals surface area contributed by atoms with Crippen LogP contribution in [0.3, 0.4) is 0 Å². The van der Waals surface area contributed by atoms with Gasteiger partial charge in [0, 0.05) is 48.0 Å². The van der Waals surface area contributed by atoms with E-state index < -0.39 is 10.0 Å². The highest BCUT2D eigenvalue weighted by Gasteiger charge is 2.31. The lowest BCUT2D eigenvalue weighted by molar-refractivity contribution is 0.374. The highest BCUT2D eigenvalue weighted by atomic mass is 79.9. The van der Waals surface area contributed by atoms with E-state index in [9.17, 15) is 8.42 Å². The molecule has 2 aromatic carbocycles. The van der Waals surface area contributed by atoms with Gasteiger partial charge in [-0.1, -0.05) is 15.9 Å². The fourth-order valence-corrected chi connectivity index (χ4v) is 6.84. The Balaban J connectivity index is 1.45. The summed E-state index contributed by atoms with van der Waals surface area (Å²) in [6.45, 7) is 1.86. The van der Waals surface area contributed by atoms with E-state index in [1.807, 2.05) is 23.6 Å². The Hall–Kier alpha value is -2.34. The second kappa shape index (κ2) is 10.5. The van der Waals surface area contributed by atoms with Crippen LogP contribution in [0, 0.1) is 0 Å². The van der Waals surface area contributed by atoms with Gasteiger partial charge in [-0.3, -0.25) is 0 Å². The molecule has 3 aromatic rings. The molecule has 0 N–H and O–H groups in total. The number of sulfonamides is 1. The van der Waals surface area contributed by atoms with Gasteiger partial charge in [-0.15, -0.1) is 11.3 Å². The number of hydrogen-bond acceptors (Lipinski definition) is 8. The number of anilines is 1. The van der Waals surface area contributed by atoms with Crippen LogP contribution in [0.5, 0.6) is 17.2 Å². The van der Waals surface area contributed by atoms with Crippen molar-refractivity contribution in [2.24, 2.45) is 0 Å². The molecule has 4 rings (SSSR count). The van der Waals surface area contributed by atoms with E-state index in [0.29, 0.717) is 42.8 Å². The molecule has 0 aliphatic carbocycles. The summed E-state index contributed by atoms with van der Waals surface area (Å²) in [5, 5.41) is 2.91. The number of methoxy groups -OCH3 is 3. The van der Waals surface area contributed by atoms with Crippen molar-refractivity contribution in [1.82, 2.24) is 9.29 Å². The number of halogens is 1. The highest BCUT2D eigenvalue weighted by molar-refractivity contribution is 9.10. The molecule has 8 nitrogen and oxygen atoms in total. The van der Waals surface area contributed by atoms with Gasteiger partial charge in [-0.25, -0.2) is 13.4 Å². The summed E-state index contributed by atoms with van der Waals surface area (Å²) in [5.74, 6) is 1.89.